The summed E-state index contributed by atoms with van der Waals surface area (Å²) >= 11 is 0. The first-order valence-electron chi connectivity index (χ1n) is 9.62. The van der Waals surface area contributed by atoms with Crippen molar-refractivity contribution in [1.82, 2.24) is 25.3 Å². The van der Waals surface area contributed by atoms with Gasteiger partial charge in [-0.25, -0.2) is 9.48 Å². The van der Waals surface area contributed by atoms with Crippen molar-refractivity contribution < 1.29 is 14.4 Å². The number of aromatic nitrogens is 2. The molecule has 1 aromatic heterocycles. The number of hydrogen-bond acceptors (Lipinski definition) is 4. The molecule has 2 aliphatic heterocycles. The molecule has 2 aromatic rings. The highest BCUT2D eigenvalue weighted by molar-refractivity contribution is 6.07. The van der Waals surface area contributed by atoms with Gasteiger partial charge >= 0.3 is 6.03 Å². The average molecular weight is 393 g/mol. The van der Waals surface area contributed by atoms with Gasteiger partial charge in [0.1, 0.15) is 5.54 Å². The molecular formula is C21H23N5O3. The van der Waals surface area contributed by atoms with Crippen LogP contribution in [-0.2, 0) is 9.59 Å². The lowest BCUT2D eigenvalue weighted by atomic mass is 9.87. The minimum absolute atomic E-state index is 0.115. The summed E-state index contributed by atoms with van der Waals surface area (Å²) in [6.07, 6.45) is 4.17. The lowest BCUT2D eigenvalue weighted by Crippen LogP contribution is -2.55. The number of likely N-dealkylation sites (tertiary alicyclic amines) is 1. The topological polar surface area (TPSA) is 96.3 Å². The highest BCUT2D eigenvalue weighted by Gasteiger charge is 2.48. The van der Waals surface area contributed by atoms with E-state index < -0.39 is 11.6 Å². The molecule has 29 heavy (non-hydrogen) atoms. The summed E-state index contributed by atoms with van der Waals surface area (Å²) in [5, 5.41) is 9.57. The summed E-state index contributed by atoms with van der Waals surface area (Å²) in [7, 11) is 0. The van der Waals surface area contributed by atoms with Gasteiger partial charge in [0.25, 0.3) is 5.91 Å². The molecule has 4 amide bonds. The third-order valence-electron chi connectivity index (χ3n) is 5.68. The summed E-state index contributed by atoms with van der Waals surface area (Å²) < 4.78 is 1.87. The summed E-state index contributed by atoms with van der Waals surface area (Å²) in [6.45, 7) is 4.72. The Bertz CT molecular complexity index is 1000. The number of imide groups is 1. The number of para-hydroxylation sites is 1. The van der Waals surface area contributed by atoms with Gasteiger partial charge in [-0.05, 0) is 44.9 Å². The average Bonchev–Trinajstić information content (AvgIpc) is 3.15. The summed E-state index contributed by atoms with van der Waals surface area (Å²) in [5.41, 5.74) is 2.82. The summed E-state index contributed by atoms with van der Waals surface area (Å²) in [5.74, 6) is -0.416. The molecule has 3 heterocycles. The van der Waals surface area contributed by atoms with Crippen LogP contribution in [0, 0.1) is 13.8 Å². The fraction of sp³-hybridized carbons (Fsp3) is 0.333. The van der Waals surface area contributed by atoms with Crippen LogP contribution < -0.4 is 10.6 Å². The number of aryl methyl sites for hydroxylation is 1. The Morgan fingerprint density at radius 1 is 1.14 bits per heavy atom. The number of piperidine rings is 1. The Kier molecular flexibility index (Phi) is 4.70. The van der Waals surface area contributed by atoms with Crippen molar-refractivity contribution in [2.75, 3.05) is 13.1 Å². The molecule has 0 unspecified atom stereocenters. The van der Waals surface area contributed by atoms with Gasteiger partial charge in [0.2, 0.25) is 5.91 Å². The van der Waals surface area contributed by atoms with Crippen molar-refractivity contribution in [2.45, 2.75) is 32.2 Å². The lowest BCUT2D eigenvalue weighted by molar-refractivity contribution is -0.132. The number of carbonyl (C=O) groups excluding carboxylic acids is 3. The summed E-state index contributed by atoms with van der Waals surface area (Å²) in [6, 6.07) is 9.38. The molecule has 2 aliphatic rings. The number of nitrogens with zero attached hydrogens (tertiary/aromatic N) is 3. The molecule has 150 valence electrons. The zero-order chi connectivity index (χ0) is 20.6. The molecule has 4 rings (SSSR count). The number of amides is 4. The van der Waals surface area contributed by atoms with E-state index in [9.17, 15) is 14.4 Å². The predicted molar refractivity (Wildman–Crippen MR) is 107 cm³/mol. The van der Waals surface area contributed by atoms with Gasteiger partial charge in [-0.15, -0.1) is 0 Å². The second-order valence-electron chi connectivity index (χ2n) is 7.48. The van der Waals surface area contributed by atoms with Crippen LogP contribution in [-0.4, -0.2) is 51.2 Å². The van der Waals surface area contributed by atoms with Gasteiger partial charge in [0, 0.05) is 30.4 Å². The fourth-order valence-electron chi connectivity index (χ4n) is 3.97. The van der Waals surface area contributed by atoms with Crippen LogP contribution in [0.25, 0.3) is 11.8 Å². The van der Waals surface area contributed by atoms with Crippen molar-refractivity contribution in [3.8, 4) is 5.69 Å². The SMILES string of the molecule is Cc1nn(-c2ccccc2)c(C)c1/C=C/C(=O)N1CCC2(CC1)NC(=O)NC2=O. The van der Waals surface area contributed by atoms with Crippen LogP contribution in [0.3, 0.4) is 0 Å². The first kappa shape index (κ1) is 18.9. The predicted octanol–water partition coefficient (Wildman–Crippen LogP) is 1.70. The molecule has 0 saturated carbocycles. The van der Waals surface area contributed by atoms with Crippen LogP contribution in [0.15, 0.2) is 36.4 Å². The Morgan fingerprint density at radius 2 is 1.83 bits per heavy atom. The Balaban J connectivity index is 1.45. The van der Waals surface area contributed by atoms with Crippen LogP contribution in [0.4, 0.5) is 4.79 Å². The van der Waals surface area contributed by atoms with Gasteiger partial charge in [-0.1, -0.05) is 18.2 Å². The van der Waals surface area contributed by atoms with Crippen molar-refractivity contribution in [1.29, 1.82) is 0 Å². The maximum absolute atomic E-state index is 12.6. The van der Waals surface area contributed by atoms with Gasteiger partial charge < -0.3 is 10.2 Å². The number of urea groups is 1. The van der Waals surface area contributed by atoms with Gasteiger partial charge in [-0.3, -0.25) is 14.9 Å². The second-order valence-corrected chi connectivity index (χ2v) is 7.48. The normalized spacial score (nSPS) is 18.3. The fourth-order valence-corrected chi connectivity index (χ4v) is 3.97. The third-order valence-corrected chi connectivity index (χ3v) is 5.68. The van der Waals surface area contributed by atoms with E-state index in [1.165, 1.54) is 0 Å². The molecule has 1 aromatic carbocycles. The minimum atomic E-state index is -0.873. The van der Waals surface area contributed by atoms with E-state index in [4.69, 9.17) is 0 Å². The van der Waals surface area contributed by atoms with E-state index in [0.29, 0.717) is 25.9 Å². The maximum Gasteiger partial charge on any atom is 0.322 e. The highest BCUT2D eigenvalue weighted by atomic mass is 16.2. The molecule has 2 fully saturated rings. The Morgan fingerprint density at radius 3 is 2.45 bits per heavy atom. The van der Waals surface area contributed by atoms with Crippen LogP contribution >= 0.6 is 0 Å². The first-order chi connectivity index (χ1) is 13.9. The number of benzene rings is 1. The molecule has 2 saturated heterocycles. The van der Waals surface area contributed by atoms with E-state index in [0.717, 1.165) is 22.6 Å². The standard InChI is InChI=1S/C21H23N5O3/c1-14-17(15(2)26(24-14)16-6-4-3-5-7-16)8-9-18(27)25-12-10-21(11-13-25)19(28)22-20(29)23-21/h3-9H,10-13H2,1-2H3,(H2,22,23,28,29)/b9-8+. The zero-order valence-electron chi connectivity index (χ0n) is 16.4. The van der Waals surface area contributed by atoms with Crippen molar-refractivity contribution >= 4 is 23.9 Å². The van der Waals surface area contributed by atoms with Gasteiger partial charge in [0.05, 0.1) is 11.4 Å². The Hall–Kier alpha value is -3.42. The van der Waals surface area contributed by atoms with Crippen LogP contribution in [0.2, 0.25) is 0 Å². The molecular weight excluding hydrogens is 370 g/mol. The Labute approximate surface area is 168 Å². The molecule has 0 radical (unpaired) electrons. The molecule has 0 atom stereocenters. The van der Waals surface area contributed by atoms with Crippen molar-refractivity contribution in [3.05, 3.63) is 53.4 Å². The van der Waals surface area contributed by atoms with E-state index >= 15 is 0 Å². The van der Waals surface area contributed by atoms with Gasteiger partial charge in [-0.2, -0.15) is 5.10 Å². The maximum atomic E-state index is 12.6. The van der Waals surface area contributed by atoms with E-state index in [-0.39, 0.29) is 11.8 Å². The zero-order valence-corrected chi connectivity index (χ0v) is 16.4. The largest absolute Gasteiger partial charge is 0.339 e. The summed E-state index contributed by atoms with van der Waals surface area (Å²) in [4.78, 5) is 37.8. The molecule has 1 spiro atoms. The number of rotatable bonds is 3. The molecule has 0 bridgehead atoms. The quantitative estimate of drug-likeness (QED) is 0.613. The molecule has 8 heteroatoms. The lowest BCUT2D eigenvalue weighted by Gasteiger charge is -2.36. The van der Waals surface area contributed by atoms with Crippen LogP contribution in [0.1, 0.15) is 29.8 Å². The number of carbonyl (C=O) groups is 3. The smallest absolute Gasteiger partial charge is 0.322 e. The number of nitrogens with one attached hydrogen (secondary N) is 2. The van der Waals surface area contributed by atoms with Crippen molar-refractivity contribution in [2.24, 2.45) is 0 Å². The van der Waals surface area contributed by atoms with E-state index in [2.05, 4.69) is 15.7 Å². The molecule has 0 aliphatic carbocycles. The second kappa shape index (κ2) is 7.20. The van der Waals surface area contributed by atoms with E-state index in [1.54, 1.807) is 17.1 Å². The van der Waals surface area contributed by atoms with Crippen molar-refractivity contribution in [3.63, 3.8) is 0 Å². The van der Waals surface area contributed by atoms with E-state index in [1.807, 2.05) is 48.9 Å². The minimum Gasteiger partial charge on any atom is -0.339 e. The third kappa shape index (κ3) is 3.41. The number of hydrogen-bond donors (Lipinski definition) is 2. The molecule has 2 N–H and O–H groups in total. The first-order valence-corrected chi connectivity index (χ1v) is 9.62. The van der Waals surface area contributed by atoms with Crippen LogP contribution in [0.5, 0.6) is 0 Å². The monoisotopic (exact) mass is 393 g/mol. The highest BCUT2D eigenvalue weighted by Crippen LogP contribution is 2.26. The molecule has 8 nitrogen and oxygen atoms in total. The van der Waals surface area contributed by atoms with Gasteiger partial charge in [0.15, 0.2) is 0 Å².